The number of nitrogens with two attached hydrogens (primary N) is 1. The summed E-state index contributed by atoms with van der Waals surface area (Å²) in [5, 5.41) is 14.9. The zero-order valence-electron chi connectivity index (χ0n) is 9.28. The number of aromatic nitrogens is 3. The van der Waals surface area contributed by atoms with Crippen LogP contribution in [0, 0.1) is 10.1 Å². The number of halogens is 1. The number of rotatable bonds is 4. The third kappa shape index (κ3) is 2.39. The van der Waals surface area contributed by atoms with Gasteiger partial charge in [0.15, 0.2) is 0 Å². The van der Waals surface area contributed by atoms with Crippen LogP contribution in [0.15, 0.2) is 29.0 Å². The van der Waals surface area contributed by atoms with Crippen molar-refractivity contribution in [1.29, 1.82) is 0 Å². The summed E-state index contributed by atoms with van der Waals surface area (Å²) in [6.07, 6.45) is 1.41. The Balaban J connectivity index is 2.35. The fourth-order valence-corrected chi connectivity index (χ4v) is 2.10. The van der Waals surface area contributed by atoms with Crippen LogP contribution in [0.5, 0.6) is 0 Å². The lowest BCUT2D eigenvalue weighted by atomic mass is 10.2. The highest BCUT2D eigenvalue weighted by molar-refractivity contribution is 9.10. The van der Waals surface area contributed by atoms with Crippen molar-refractivity contribution in [3.63, 3.8) is 0 Å². The van der Waals surface area contributed by atoms with Crippen LogP contribution in [0.4, 0.5) is 5.69 Å². The van der Waals surface area contributed by atoms with Crippen LogP contribution in [0.3, 0.4) is 0 Å². The average Bonchev–Trinajstić information content (AvgIpc) is 2.78. The van der Waals surface area contributed by atoms with Gasteiger partial charge in [-0.1, -0.05) is 12.1 Å². The van der Waals surface area contributed by atoms with E-state index < -0.39 is 4.92 Å². The summed E-state index contributed by atoms with van der Waals surface area (Å²) in [7, 11) is 0. The van der Waals surface area contributed by atoms with Gasteiger partial charge in [-0.25, -0.2) is 9.67 Å². The molecule has 0 aliphatic heterocycles. The maximum atomic E-state index is 10.8. The number of nitro benzene ring substituents is 1. The molecule has 0 saturated carbocycles. The second kappa shape index (κ2) is 5.23. The van der Waals surface area contributed by atoms with E-state index in [0.717, 1.165) is 5.56 Å². The van der Waals surface area contributed by atoms with E-state index in [0.29, 0.717) is 16.8 Å². The molecule has 1 aromatic carbocycles. The second-order valence-electron chi connectivity index (χ2n) is 3.55. The smallest absolute Gasteiger partial charge is 0.283 e. The minimum Gasteiger partial charge on any atom is -0.324 e. The molecule has 2 rings (SSSR count). The molecule has 7 nitrogen and oxygen atoms in total. The van der Waals surface area contributed by atoms with Crippen molar-refractivity contribution in [1.82, 2.24) is 14.8 Å². The lowest BCUT2D eigenvalue weighted by molar-refractivity contribution is -0.385. The van der Waals surface area contributed by atoms with E-state index >= 15 is 0 Å². The molecule has 0 unspecified atom stereocenters. The lowest BCUT2D eigenvalue weighted by Gasteiger charge is -2.07. The topological polar surface area (TPSA) is 99.9 Å². The van der Waals surface area contributed by atoms with Gasteiger partial charge in [-0.15, -0.1) is 0 Å². The Labute approximate surface area is 111 Å². The van der Waals surface area contributed by atoms with Crippen LogP contribution in [0.25, 0.3) is 0 Å². The van der Waals surface area contributed by atoms with Gasteiger partial charge in [0.2, 0.25) is 0 Å². The Morgan fingerprint density at radius 3 is 2.94 bits per heavy atom. The highest BCUT2D eigenvalue weighted by Gasteiger charge is 2.15. The quantitative estimate of drug-likeness (QED) is 0.680. The Bertz CT molecular complexity index is 583. The van der Waals surface area contributed by atoms with Crippen molar-refractivity contribution in [2.75, 3.05) is 0 Å². The van der Waals surface area contributed by atoms with Crippen LogP contribution < -0.4 is 5.73 Å². The first-order valence-electron chi connectivity index (χ1n) is 5.12. The highest BCUT2D eigenvalue weighted by Crippen LogP contribution is 2.28. The summed E-state index contributed by atoms with van der Waals surface area (Å²) in [5.74, 6) is 0.633. The second-order valence-corrected chi connectivity index (χ2v) is 4.34. The molecular formula is C10H10BrN5O2. The first-order chi connectivity index (χ1) is 8.63. The number of nitro groups is 1. The van der Waals surface area contributed by atoms with E-state index in [9.17, 15) is 10.1 Å². The van der Waals surface area contributed by atoms with Gasteiger partial charge < -0.3 is 5.73 Å². The summed E-state index contributed by atoms with van der Waals surface area (Å²) >= 11 is 3.24. The molecule has 1 heterocycles. The molecule has 0 saturated heterocycles. The van der Waals surface area contributed by atoms with Crippen LogP contribution in [0.2, 0.25) is 0 Å². The van der Waals surface area contributed by atoms with Gasteiger partial charge in [-0.2, -0.15) is 5.10 Å². The maximum absolute atomic E-state index is 10.8. The van der Waals surface area contributed by atoms with Crippen LogP contribution in [0.1, 0.15) is 11.4 Å². The molecular weight excluding hydrogens is 302 g/mol. The summed E-state index contributed by atoms with van der Waals surface area (Å²) in [4.78, 5) is 14.4. The van der Waals surface area contributed by atoms with Crippen molar-refractivity contribution >= 4 is 21.6 Å². The zero-order valence-corrected chi connectivity index (χ0v) is 10.9. The fraction of sp³-hybridized carbons (Fsp3) is 0.200. The monoisotopic (exact) mass is 311 g/mol. The van der Waals surface area contributed by atoms with Gasteiger partial charge in [-0.3, -0.25) is 10.1 Å². The average molecular weight is 312 g/mol. The predicted octanol–water partition coefficient (Wildman–Crippen LogP) is 1.46. The third-order valence-electron chi connectivity index (χ3n) is 2.45. The summed E-state index contributed by atoms with van der Waals surface area (Å²) in [5.41, 5.74) is 6.31. The van der Waals surface area contributed by atoms with Crippen LogP contribution >= 0.6 is 15.9 Å². The van der Waals surface area contributed by atoms with E-state index in [2.05, 4.69) is 26.0 Å². The Kier molecular flexibility index (Phi) is 3.68. The van der Waals surface area contributed by atoms with E-state index in [4.69, 9.17) is 5.73 Å². The van der Waals surface area contributed by atoms with Gasteiger partial charge in [0.05, 0.1) is 18.0 Å². The maximum Gasteiger partial charge on any atom is 0.283 e. The molecule has 0 aliphatic carbocycles. The van der Waals surface area contributed by atoms with Gasteiger partial charge in [0.1, 0.15) is 16.6 Å². The Morgan fingerprint density at radius 1 is 1.50 bits per heavy atom. The van der Waals surface area contributed by atoms with E-state index in [1.165, 1.54) is 12.4 Å². The van der Waals surface area contributed by atoms with Gasteiger partial charge in [0, 0.05) is 6.07 Å². The molecule has 0 radical (unpaired) electrons. The molecule has 8 heteroatoms. The Hall–Kier alpha value is -1.80. The number of benzene rings is 1. The molecule has 2 aromatic rings. The fourth-order valence-electron chi connectivity index (χ4n) is 1.57. The standard InChI is InChI=1S/C10H10BrN5O2/c11-10-7(2-1-3-8(10)16(17)18)5-15-9(4-12)13-6-14-15/h1-3,6H,4-5,12H2. The summed E-state index contributed by atoms with van der Waals surface area (Å²) in [6.45, 7) is 0.654. The van der Waals surface area contributed by atoms with Crippen molar-refractivity contribution in [2.45, 2.75) is 13.1 Å². The van der Waals surface area contributed by atoms with E-state index in [1.54, 1.807) is 16.8 Å². The van der Waals surface area contributed by atoms with Crippen LogP contribution in [-0.2, 0) is 13.1 Å². The van der Waals surface area contributed by atoms with Gasteiger partial charge >= 0.3 is 0 Å². The molecule has 0 bridgehead atoms. The predicted molar refractivity (Wildman–Crippen MR) is 67.8 cm³/mol. The normalized spacial score (nSPS) is 10.6. The van der Waals surface area contributed by atoms with E-state index in [-0.39, 0.29) is 12.2 Å². The van der Waals surface area contributed by atoms with E-state index in [1.807, 2.05) is 0 Å². The molecule has 0 amide bonds. The third-order valence-corrected chi connectivity index (χ3v) is 3.37. The molecule has 0 atom stereocenters. The lowest BCUT2D eigenvalue weighted by Crippen LogP contribution is -2.11. The van der Waals surface area contributed by atoms with Gasteiger partial charge in [0.25, 0.3) is 5.69 Å². The number of hydrogen-bond acceptors (Lipinski definition) is 5. The minimum absolute atomic E-state index is 0.0295. The Morgan fingerprint density at radius 2 is 2.28 bits per heavy atom. The van der Waals surface area contributed by atoms with Crippen molar-refractivity contribution in [2.24, 2.45) is 5.73 Å². The molecule has 0 spiro atoms. The number of nitrogens with zero attached hydrogens (tertiary/aromatic N) is 4. The largest absolute Gasteiger partial charge is 0.324 e. The first kappa shape index (κ1) is 12.7. The molecule has 18 heavy (non-hydrogen) atoms. The molecule has 1 aromatic heterocycles. The van der Waals surface area contributed by atoms with Crippen molar-refractivity contribution in [3.8, 4) is 0 Å². The highest BCUT2D eigenvalue weighted by atomic mass is 79.9. The molecule has 0 fully saturated rings. The van der Waals surface area contributed by atoms with Crippen molar-refractivity contribution in [3.05, 3.63) is 50.5 Å². The minimum atomic E-state index is -0.432. The number of hydrogen-bond donors (Lipinski definition) is 1. The summed E-state index contributed by atoms with van der Waals surface area (Å²) in [6, 6.07) is 4.87. The molecule has 94 valence electrons. The SMILES string of the molecule is NCc1ncnn1Cc1cccc([N+](=O)[O-])c1Br. The van der Waals surface area contributed by atoms with Crippen LogP contribution in [-0.4, -0.2) is 19.7 Å². The zero-order chi connectivity index (χ0) is 13.1. The molecule has 2 N–H and O–H groups in total. The van der Waals surface area contributed by atoms with Gasteiger partial charge in [-0.05, 0) is 21.5 Å². The first-order valence-corrected chi connectivity index (χ1v) is 5.91. The van der Waals surface area contributed by atoms with Crippen molar-refractivity contribution < 1.29 is 4.92 Å². The summed E-state index contributed by atoms with van der Waals surface area (Å²) < 4.78 is 2.07. The molecule has 0 aliphatic rings.